The first-order valence-electron chi connectivity index (χ1n) is 7.61. The Bertz CT molecular complexity index is 743. The molecule has 1 aromatic heterocycles. The number of carboxylic acids is 1. The molecule has 2 aromatic rings. The molecule has 6 heteroatoms. The van der Waals surface area contributed by atoms with Gasteiger partial charge in [-0.1, -0.05) is 18.2 Å². The zero-order valence-electron chi connectivity index (χ0n) is 12.9. The predicted molar refractivity (Wildman–Crippen MR) is 83.4 cm³/mol. The number of nitrogens with one attached hydrogen (secondary N) is 1. The van der Waals surface area contributed by atoms with Gasteiger partial charge in [-0.25, -0.2) is 0 Å². The second-order valence-corrected chi connectivity index (χ2v) is 5.93. The maximum absolute atomic E-state index is 12.4. The van der Waals surface area contributed by atoms with Crippen LogP contribution >= 0.6 is 0 Å². The molecule has 0 radical (unpaired) electrons. The van der Waals surface area contributed by atoms with Crippen molar-refractivity contribution in [1.29, 1.82) is 0 Å². The van der Waals surface area contributed by atoms with Crippen LogP contribution in [-0.4, -0.2) is 36.7 Å². The van der Waals surface area contributed by atoms with Gasteiger partial charge in [0.15, 0.2) is 5.76 Å². The number of carboxylic acid groups (broad SMARTS) is 1. The molecule has 2 N–H and O–H groups in total. The highest BCUT2D eigenvalue weighted by Gasteiger charge is 2.40. The molecule has 1 aliphatic heterocycles. The highest BCUT2D eigenvalue weighted by Crippen LogP contribution is 2.30. The van der Waals surface area contributed by atoms with Gasteiger partial charge in [0.25, 0.3) is 5.91 Å². The number of furan rings is 1. The van der Waals surface area contributed by atoms with Gasteiger partial charge >= 0.3 is 5.97 Å². The predicted octanol–water partition coefficient (Wildman–Crippen LogP) is 2.35. The van der Waals surface area contributed by atoms with Crippen LogP contribution in [0.1, 0.15) is 29.0 Å². The Labute approximate surface area is 133 Å². The maximum atomic E-state index is 12.4. The molecule has 3 rings (SSSR count). The zero-order valence-corrected chi connectivity index (χ0v) is 12.9. The first-order chi connectivity index (χ1) is 11.0. The van der Waals surface area contributed by atoms with Gasteiger partial charge in [-0.3, -0.25) is 9.59 Å². The van der Waals surface area contributed by atoms with E-state index in [1.807, 2.05) is 25.1 Å². The van der Waals surface area contributed by atoms with Crippen molar-refractivity contribution in [1.82, 2.24) is 5.32 Å². The number of para-hydroxylation sites is 1. The standard InChI is InChI=1S/C17H19NO5/c1-11-12-4-2-3-5-13(12)23-14(11)15(19)18-10-17(16(20)21)6-8-22-9-7-17/h2-5H,6-10H2,1H3,(H,18,19)(H,20,21). The van der Waals surface area contributed by atoms with Crippen LogP contribution in [0.4, 0.5) is 0 Å². The minimum Gasteiger partial charge on any atom is -0.481 e. The molecular weight excluding hydrogens is 298 g/mol. The summed E-state index contributed by atoms with van der Waals surface area (Å²) in [6, 6.07) is 7.42. The van der Waals surface area contributed by atoms with Crippen molar-refractivity contribution in [3.63, 3.8) is 0 Å². The highest BCUT2D eigenvalue weighted by molar-refractivity contribution is 5.99. The lowest BCUT2D eigenvalue weighted by Gasteiger charge is -2.32. The molecule has 1 aromatic carbocycles. The van der Waals surface area contributed by atoms with E-state index in [-0.39, 0.29) is 18.2 Å². The fourth-order valence-electron chi connectivity index (χ4n) is 2.95. The molecule has 0 unspecified atom stereocenters. The summed E-state index contributed by atoms with van der Waals surface area (Å²) in [6.07, 6.45) is 0.781. The Kier molecular flexibility index (Phi) is 4.09. The normalized spacial score (nSPS) is 17.1. The smallest absolute Gasteiger partial charge is 0.311 e. The van der Waals surface area contributed by atoms with Gasteiger partial charge in [0.1, 0.15) is 5.58 Å². The topological polar surface area (TPSA) is 88.8 Å². The Hall–Kier alpha value is -2.34. The van der Waals surface area contributed by atoms with Gasteiger partial charge in [0.2, 0.25) is 0 Å². The van der Waals surface area contributed by atoms with Crippen molar-refractivity contribution in [3.05, 3.63) is 35.6 Å². The van der Waals surface area contributed by atoms with Crippen LogP contribution in [-0.2, 0) is 9.53 Å². The largest absolute Gasteiger partial charge is 0.481 e. The average molecular weight is 317 g/mol. The number of benzene rings is 1. The van der Waals surface area contributed by atoms with E-state index >= 15 is 0 Å². The van der Waals surface area contributed by atoms with Crippen LogP contribution in [0.15, 0.2) is 28.7 Å². The van der Waals surface area contributed by atoms with Gasteiger partial charge in [-0.05, 0) is 25.8 Å². The molecule has 122 valence electrons. The van der Waals surface area contributed by atoms with Crippen molar-refractivity contribution >= 4 is 22.8 Å². The molecule has 0 bridgehead atoms. The lowest BCUT2D eigenvalue weighted by molar-refractivity contribution is -0.154. The number of rotatable bonds is 4. The molecular formula is C17H19NO5. The molecule has 1 fully saturated rings. The van der Waals surface area contributed by atoms with Gasteiger partial charge in [0, 0.05) is 30.7 Å². The van der Waals surface area contributed by atoms with Crippen molar-refractivity contribution in [3.8, 4) is 0 Å². The second kappa shape index (κ2) is 6.04. The van der Waals surface area contributed by atoms with Gasteiger partial charge < -0.3 is 19.6 Å². The number of carbonyl (C=O) groups is 2. The molecule has 1 saturated heterocycles. The van der Waals surface area contributed by atoms with E-state index in [0.29, 0.717) is 31.6 Å². The fraction of sp³-hybridized carbons (Fsp3) is 0.412. The lowest BCUT2D eigenvalue weighted by atomic mass is 9.80. The van der Waals surface area contributed by atoms with E-state index in [2.05, 4.69) is 5.32 Å². The molecule has 0 atom stereocenters. The maximum Gasteiger partial charge on any atom is 0.311 e. The monoisotopic (exact) mass is 317 g/mol. The molecule has 23 heavy (non-hydrogen) atoms. The molecule has 1 aliphatic rings. The van der Waals surface area contributed by atoms with Crippen LogP contribution in [0.5, 0.6) is 0 Å². The van der Waals surface area contributed by atoms with Crippen LogP contribution in [0.25, 0.3) is 11.0 Å². The van der Waals surface area contributed by atoms with Crippen LogP contribution in [0, 0.1) is 12.3 Å². The Morgan fingerprint density at radius 3 is 2.61 bits per heavy atom. The third-order valence-corrected chi connectivity index (χ3v) is 4.54. The first-order valence-corrected chi connectivity index (χ1v) is 7.61. The van der Waals surface area contributed by atoms with E-state index in [9.17, 15) is 14.7 Å². The molecule has 2 heterocycles. The number of fused-ring (bicyclic) bond motifs is 1. The Morgan fingerprint density at radius 2 is 1.96 bits per heavy atom. The molecule has 0 spiro atoms. The SMILES string of the molecule is Cc1c(C(=O)NCC2(C(=O)O)CCOCC2)oc2ccccc12. The summed E-state index contributed by atoms with van der Waals surface area (Å²) >= 11 is 0. The van der Waals surface area contributed by atoms with E-state index in [0.717, 1.165) is 10.9 Å². The van der Waals surface area contributed by atoms with Crippen molar-refractivity contribution in [2.75, 3.05) is 19.8 Å². The first kappa shape index (κ1) is 15.6. The second-order valence-electron chi connectivity index (χ2n) is 5.93. The summed E-state index contributed by atoms with van der Waals surface area (Å²) in [4.78, 5) is 24.0. The van der Waals surface area contributed by atoms with E-state index in [1.165, 1.54) is 0 Å². The zero-order chi connectivity index (χ0) is 16.4. The quantitative estimate of drug-likeness (QED) is 0.903. The minimum absolute atomic E-state index is 0.0704. The highest BCUT2D eigenvalue weighted by atomic mass is 16.5. The summed E-state index contributed by atoms with van der Waals surface area (Å²) < 4.78 is 10.8. The molecule has 1 amide bonds. The number of carbonyl (C=O) groups excluding carboxylic acids is 1. The lowest BCUT2D eigenvalue weighted by Crippen LogP contribution is -2.46. The van der Waals surface area contributed by atoms with Crippen LogP contribution in [0.3, 0.4) is 0 Å². The van der Waals surface area contributed by atoms with Gasteiger partial charge in [-0.2, -0.15) is 0 Å². The molecule has 6 nitrogen and oxygen atoms in total. The third kappa shape index (κ3) is 2.82. The summed E-state index contributed by atoms with van der Waals surface area (Å²) in [7, 11) is 0. The Balaban J connectivity index is 1.78. The van der Waals surface area contributed by atoms with Crippen molar-refractivity contribution in [2.24, 2.45) is 5.41 Å². The van der Waals surface area contributed by atoms with Crippen molar-refractivity contribution < 1.29 is 23.8 Å². The number of aryl methyl sites for hydroxylation is 1. The number of aliphatic carboxylic acids is 1. The Morgan fingerprint density at radius 1 is 1.26 bits per heavy atom. The van der Waals surface area contributed by atoms with E-state index in [1.54, 1.807) is 6.07 Å². The average Bonchev–Trinajstić information content (AvgIpc) is 2.91. The summed E-state index contributed by atoms with van der Waals surface area (Å²) in [5, 5.41) is 13.1. The summed E-state index contributed by atoms with van der Waals surface area (Å²) in [5.41, 5.74) is 0.442. The summed E-state index contributed by atoms with van der Waals surface area (Å²) in [6.45, 7) is 2.68. The van der Waals surface area contributed by atoms with E-state index < -0.39 is 11.4 Å². The summed E-state index contributed by atoms with van der Waals surface area (Å²) in [5.74, 6) is -1.05. The number of hydrogen-bond donors (Lipinski definition) is 2. The van der Waals surface area contributed by atoms with Crippen LogP contribution in [0.2, 0.25) is 0 Å². The van der Waals surface area contributed by atoms with Gasteiger partial charge in [-0.15, -0.1) is 0 Å². The van der Waals surface area contributed by atoms with Crippen molar-refractivity contribution in [2.45, 2.75) is 19.8 Å². The van der Waals surface area contributed by atoms with Gasteiger partial charge in [0.05, 0.1) is 5.41 Å². The fourth-order valence-corrected chi connectivity index (χ4v) is 2.95. The number of ether oxygens (including phenoxy) is 1. The minimum atomic E-state index is -0.964. The van der Waals surface area contributed by atoms with E-state index in [4.69, 9.17) is 9.15 Å². The number of amides is 1. The third-order valence-electron chi connectivity index (χ3n) is 4.54. The molecule has 0 aliphatic carbocycles. The van der Waals surface area contributed by atoms with Crippen LogP contribution < -0.4 is 5.32 Å². The number of hydrogen-bond acceptors (Lipinski definition) is 4. The molecule has 0 saturated carbocycles.